The van der Waals surface area contributed by atoms with E-state index in [9.17, 15) is 14.4 Å². The van der Waals surface area contributed by atoms with Crippen LogP contribution in [0.15, 0.2) is 12.7 Å². The lowest BCUT2D eigenvalue weighted by atomic mass is 9.90. The van der Waals surface area contributed by atoms with Crippen LogP contribution in [0.5, 0.6) is 0 Å². The predicted molar refractivity (Wildman–Crippen MR) is 200 cm³/mol. The van der Waals surface area contributed by atoms with Crippen LogP contribution in [0, 0.1) is 10.8 Å². The van der Waals surface area contributed by atoms with Gasteiger partial charge >= 0.3 is 5.97 Å². The second-order valence-electron chi connectivity index (χ2n) is 11.2. The fraction of sp³-hybridized carbons (Fsp3) is 0.865. The van der Waals surface area contributed by atoms with Crippen molar-refractivity contribution in [3.63, 3.8) is 0 Å². The summed E-state index contributed by atoms with van der Waals surface area (Å²) in [4.78, 5) is 31.4. The third-order valence-corrected chi connectivity index (χ3v) is 6.29. The molecule has 0 atom stereocenters. The van der Waals surface area contributed by atoms with Gasteiger partial charge in [-0.25, -0.2) is 4.79 Å². The fourth-order valence-corrected chi connectivity index (χ4v) is 4.37. The number of carbonyl (C=O) groups is 3. The van der Waals surface area contributed by atoms with Crippen LogP contribution in [0.25, 0.3) is 0 Å². The standard InChI is InChI=1S/C16H34O7.C10H16O3.C7H14O2.4CH4/c1-17-7-15(8-18-2,9-19-3)13-23-14-16(10-20-4,11-21-5)12-22-6;1-3-10(12)13-8-6-4-5-7-9(2)11;1-7(9)5-3-2-4-6-8;;;;/h7-14H2,1-6H3;3H,1,4-8H2,2H3;8H,2-6H2,1H3;4*1H4. The Morgan fingerprint density at radius 3 is 1.14 bits per heavy atom. The van der Waals surface area contributed by atoms with Crippen molar-refractivity contribution < 1.29 is 57.4 Å². The summed E-state index contributed by atoms with van der Waals surface area (Å²) < 4.78 is 42.7. The molecule has 1 N–H and O–H groups in total. The normalized spacial score (nSPS) is 10.2. The molecule has 300 valence electrons. The van der Waals surface area contributed by atoms with Crippen molar-refractivity contribution >= 4 is 17.5 Å². The van der Waals surface area contributed by atoms with E-state index in [2.05, 4.69) is 6.58 Å². The Balaban J connectivity index is -0.000000116. The van der Waals surface area contributed by atoms with Crippen molar-refractivity contribution in [3.05, 3.63) is 12.7 Å². The highest BCUT2D eigenvalue weighted by Gasteiger charge is 2.35. The molecule has 12 heteroatoms. The molecule has 0 saturated heterocycles. The zero-order valence-electron chi connectivity index (χ0n) is 29.5. The van der Waals surface area contributed by atoms with E-state index in [1.165, 1.54) is 0 Å². The van der Waals surface area contributed by atoms with E-state index in [-0.39, 0.29) is 64.7 Å². The molecule has 0 aliphatic rings. The van der Waals surface area contributed by atoms with E-state index in [1.807, 2.05) is 0 Å². The number of carbonyl (C=O) groups excluding carboxylic acids is 3. The van der Waals surface area contributed by atoms with Gasteiger partial charge in [0.2, 0.25) is 0 Å². The number of hydrogen-bond acceptors (Lipinski definition) is 12. The molecule has 12 nitrogen and oxygen atoms in total. The molecule has 0 unspecified atom stereocenters. The molecular formula is C37H80O12. The lowest BCUT2D eigenvalue weighted by molar-refractivity contribution is -0.137. The van der Waals surface area contributed by atoms with Gasteiger partial charge in [0.1, 0.15) is 11.6 Å². The Kier molecular flexibility index (Phi) is 56.3. The van der Waals surface area contributed by atoms with Gasteiger partial charge in [-0.15, -0.1) is 0 Å². The summed E-state index contributed by atoms with van der Waals surface area (Å²) in [6.45, 7) is 10.9. The number of ketones is 2. The molecule has 0 aliphatic carbocycles. The minimum Gasteiger partial charge on any atom is -0.463 e. The van der Waals surface area contributed by atoms with E-state index in [1.54, 1.807) is 56.5 Å². The summed E-state index contributed by atoms with van der Waals surface area (Å²) in [5.41, 5.74) is -0.700. The van der Waals surface area contributed by atoms with Crippen LogP contribution >= 0.6 is 0 Å². The van der Waals surface area contributed by atoms with Gasteiger partial charge in [0.05, 0.1) is 70.3 Å². The van der Waals surface area contributed by atoms with Gasteiger partial charge in [-0.05, 0) is 46.0 Å². The van der Waals surface area contributed by atoms with Crippen molar-refractivity contribution in [3.8, 4) is 0 Å². The third kappa shape index (κ3) is 40.5. The fourth-order valence-electron chi connectivity index (χ4n) is 4.37. The van der Waals surface area contributed by atoms with E-state index in [0.717, 1.165) is 44.6 Å². The molecule has 0 radical (unpaired) electrons. The van der Waals surface area contributed by atoms with Crippen LogP contribution in [-0.2, 0) is 52.3 Å². The van der Waals surface area contributed by atoms with Crippen LogP contribution in [-0.4, -0.2) is 131 Å². The van der Waals surface area contributed by atoms with Gasteiger partial charge in [-0.3, -0.25) is 0 Å². The van der Waals surface area contributed by atoms with E-state index in [0.29, 0.717) is 72.3 Å². The second kappa shape index (κ2) is 44.3. The molecule has 0 amide bonds. The molecule has 0 rings (SSSR count). The first-order valence-electron chi connectivity index (χ1n) is 15.4. The van der Waals surface area contributed by atoms with Crippen LogP contribution in [0.3, 0.4) is 0 Å². The quantitative estimate of drug-likeness (QED) is 0.0544. The zero-order valence-corrected chi connectivity index (χ0v) is 29.5. The summed E-state index contributed by atoms with van der Waals surface area (Å²) in [6, 6.07) is 0. The number of Topliss-reactive ketones (excluding diaryl/α,β-unsaturated/α-hetero) is 2. The summed E-state index contributed by atoms with van der Waals surface area (Å²) in [7, 11) is 9.95. The molecule has 0 spiro atoms. The first kappa shape index (κ1) is 62.4. The number of methoxy groups -OCH3 is 6. The smallest absolute Gasteiger partial charge is 0.330 e. The molecule has 0 fully saturated rings. The van der Waals surface area contributed by atoms with Crippen LogP contribution in [0.1, 0.15) is 94.9 Å². The summed E-state index contributed by atoms with van der Waals surface area (Å²) >= 11 is 0. The average Bonchev–Trinajstić information content (AvgIpc) is 2.98. The van der Waals surface area contributed by atoms with Gasteiger partial charge < -0.3 is 52.6 Å². The van der Waals surface area contributed by atoms with E-state index in [4.69, 9.17) is 43.0 Å². The number of unbranched alkanes of at least 4 members (excludes halogenated alkanes) is 4. The Bertz CT molecular complexity index is 655. The van der Waals surface area contributed by atoms with Crippen molar-refractivity contribution in [2.24, 2.45) is 10.8 Å². The number of ether oxygens (including phenoxy) is 8. The average molecular weight is 717 g/mol. The van der Waals surface area contributed by atoms with Crippen LogP contribution < -0.4 is 0 Å². The molecule has 0 aromatic carbocycles. The van der Waals surface area contributed by atoms with Crippen molar-refractivity contribution in [1.29, 1.82) is 0 Å². The van der Waals surface area contributed by atoms with Gasteiger partial charge in [0.25, 0.3) is 0 Å². The molecule has 0 saturated carbocycles. The first-order valence-corrected chi connectivity index (χ1v) is 15.4. The summed E-state index contributed by atoms with van der Waals surface area (Å²) in [5.74, 6) is 0.0718. The highest BCUT2D eigenvalue weighted by Crippen LogP contribution is 2.24. The Hall–Kier alpha value is -1.77. The van der Waals surface area contributed by atoms with E-state index >= 15 is 0 Å². The number of rotatable bonds is 28. The minimum absolute atomic E-state index is 0. The Morgan fingerprint density at radius 1 is 0.551 bits per heavy atom. The van der Waals surface area contributed by atoms with Gasteiger partial charge in [0.15, 0.2) is 0 Å². The maximum Gasteiger partial charge on any atom is 0.330 e. The molecule has 49 heavy (non-hydrogen) atoms. The summed E-state index contributed by atoms with van der Waals surface area (Å²) in [5, 5.41) is 8.35. The molecule has 0 heterocycles. The Morgan fingerprint density at radius 2 is 0.878 bits per heavy atom. The highest BCUT2D eigenvalue weighted by atomic mass is 16.5. The number of aliphatic hydroxyl groups is 1. The number of esters is 1. The number of hydrogen-bond donors (Lipinski definition) is 1. The van der Waals surface area contributed by atoms with Crippen molar-refractivity contribution in [1.82, 2.24) is 0 Å². The highest BCUT2D eigenvalue weighted by molar-refractivity contribution is 5.81. The van der Waals surface area contributed by atoms with Gasteiger partial charge in [-0.1, -0.05) is 42.7 Å². The van der Waals surface area contributed by atoms with Crippen LogP contribution in [0.2, 0.25) is 0 Å². The summed E-state index contributed by atoms with van der Waals surface area (Å²) in [6.07, 6.45) is 7.77. The number of aliphatic hydroxyl groups excluding tert-OH is 1. The van der Waals surface area contributed by atoms with Gasteiger partial charge in [0, 0.05) is 68.2 Å². The SMILES string of the molecule is C.C.C.C.C=CC(=O)OCCCCCC(C)=O.CC(=O)CCCCCO.COCC(COC)(COC)COCC(COC)(COC)COC. The zero-order chi connectivity index (χ0) is 34.8. The maximum absolute atomic E-state index is 10.6. The van der Waals surface area contributed by atoms with Gasteiger partial charge in [-0.2, -0.15) is 0 Å². The maximum atomic E-state index is 10.6. The monoisotopic (exact) mass is 717 g/mol. The van der Waals surface area contributed by atoms with Crippen molar-refractivity contribution in [2.45, 2.75) is 94.9 Å². The minimum atomic E-state index is -0.383. The molecule has 0 aliphatic heterocycles. The molecule has 0 aromatic heterocycles. The molecular weight excluding hydrogens is 636 g/mol. The lowest BCUT2D eigenvalue weighted by Crippen LogP contribution is -2.45. The lowest BCUT2D eigenvalue weighted by Gasteiger charge is -2.35. The van der Waals surface area contributed by atoms with Crippen LogP contribution in [0.4, 0.5) is 0 Å². The van der Waals surface area contributed by atoms with E-state index < -0.39 is 0 Å². The molecule has 0 aromatic rings. The largest absolute Gasteiger partial charge is 0.463 e. The first-order chi connectivity index (χ1) is 21.5. The van der Waals surface area contributed by atoms with Crippen molar-refractivity contribution in [2.75, 3.05) is 109 Å². The Labute approximate surface area is 301 Å². The predicted octanol–water partition coefficient (Wildman–Crippen LogP) is 6.39. The molecule has 0 bridgehead atoms. The second-order valence-corrected chi connectivity index (χ2v) is 11.2. The topological polar surface area (TPSA) is 145 Å². The third-order valence-electron chi connectivity index (χ3n) is 6.29.